The predicted octanol–water partition coefficient (Wildman–Crippen LogP) is 0.419. The summed E-state index contributed by atoms with van der Waals surface area (Å²) in [6, 6.07) is 0. The van der Waals surface area contributed by atoms with Crippen LogP contribution in [-0.4, -0.2) is 33.0 Å². The van der Waals surface area contributed by atoms with Crippen LogP contribution < -0.4 is 5.32 Å². The maximum absolute atomic E-state index is 11.3. The van der Waals surface area contributed by atoms with E-state index >= 15 is 0 Å². The summed E-state index contributed by atoms with van der Waals surface area (Å²) < 4.78 is 22.6. The zero-order chi connectivity index (χ0) is 8.91. The number of rotatable bonds is 5. The smallest absolute Gasteiger partial charge is 0.154 e. The van der Waals surface area contributed by atoms with Gasteiger partial charge in [-0.15, -0.1) is 0 Å². The molecule has 68 valence electrons. The van der Waals surface area contributed by atoms with Crippen LogP contribution in [0.25, 0.3) is 0 Å². The van der Waals surface area contributed by atoms with Crippen LogP contribution in [0.3, 0.4) is 0 Å². The summed E-state index contributed by atoms with van der Waals surface area (Å²) in [5.74, 6) is 0.249. The molecule has 11 heavy (non-hydrogen) atoms. The monoisotopic (exact) mass is 179 g/mol. The van der Waals surface area contributed by atoms with E-state index in [4.69, 9.17) is 0 Å². The van der Waals surface area contributed by atoms with Crippen LogP contribution in [0.15, 0.2) is 0 Å². The summed E-state index contributed by atoms with van der Waals surface area (Å²) >= 11 is 0. The number of nitrogens with one attached hydrogen (secondary N) is 1. The summed E-state index contributed by atoms with van der Waals surface area (Å²) in [7, 11) is -1.08. The van der Waals surface area contributed by atoms with Gasteiger partial charge in [0.25, 0.3) is 0 Å². The van der Waals surface area contributed by atoms with E-state index in [0.717, 1.165) is 0 Å². The van der Waals surface area contributed by atoms with Crippen molar-refractivity contribution in [3.8, 4) is 0 Å². The summed E-state index contributed by atoms with van der Waals surface area (Å²) in [5.41, 5.74) is 0. The predicted molar refractivity (Wildman–Crippen MR) is 47.5 cm³/mol. The van der Waals surface area contributed by atoms with Gasteiger partial charge in [0.15, 0.2) is 9.84 Å². The van der Waals surface area contributed by atoms with Crippen molar-refractivity contribution in [2.24, 2.45) is 0 Å². The third-order valence-electron chi connectivity index (χ3n) is 1.82. The Morgan fingerprint density at radius 1 is 1.45 bits per heavy atom. The minimum atomic E-state index is -2.84. The van der Waals surface area contributed by atoms with Crippen molar-refractivity contribution in [3.05, 3.63) is 0 Å². The summed E-state index contributed by atoms with van der Waals surface area (Å²) in [5, 5.41) is 2.63. The molecule has 0 aromatic carbocycles. The summed E-state index contributed by atoms with van der Waals surface area (Å²) in [6.45, 7) is 4.19. The zero-order valence-electron chi connectivity index (χ0n) is 7.42. The highest BCUT2D eigenvalue weighted by atomic mass is 32.2. The molecule has 0 spiro atoms. The van der Waals surface area contributed by atoms with Crippen LogP contribution >= 0.6 is 0 Å². The molecule has 0 bridgehead atoms. The van der Waals surface area contributed by atoms with Crippen molar-refractivity contribution in [1.29, 1.82) is 0 Å². The lowest BCUT2D eigenvalue weighted by molar-refractivity contribution is 0.578. The first-order valence-electron chi connectivity index (χ1n) is 3.90. The van der Waals surface area contributed by atoms with Crippen LogP contribution in [-0.2, 0) is 9.84 Å². The Kier molecular flexibility index (Phi) is 4.68. The van der Waals surface area contributed by atoms with E-state index in [-0.39, 0.29) is 11.0 Å². The molecule has 0 rings (SSSR count). The fraction of sp³-hybridized carbons (Fsp3) is 1.00. The molecule has 0 amide bonds. The van der Waals surface area contributed by atoms with E-state index in [1.807, 2.05) is 6.92 Å². The Balaban J connectivity index is 4.01. The van der Waals surface area contributed by atoms with Crippen molar-refractivity contribution in [2.45, 2.75) is 25.5 Å². The SMILES string of the molecule is CCC(C)S(=O)(=O)CCNC. The largest absolute Gasteiger partial charge is 0.319 e. The average molecular weight is 179 g/mol. The second kappa shape index (κ2) is 4.72. The Hall–Kier alpha value is -0.0900. The van der Waals surface area contributed by atoms with Crippen molar-refractivity contribution in [3.63, 3.8) is 0 Å². The van der Waals surface area contributed by atoms with Crippen LogP contribution in [0.4, 0.5) is 0 Å². The molecule has 0 aliphatic heterocycles. The molecule has 0 aromatic rings. The second-order valence-electron chi connectivity index (χ2n) is 2.69. The topological polar surface area (TPSA) is 46.2 Å². The molecule has 0 saturated carbocycles. The normalized spacial score (nSPS) is 14.8. The van der Waals surface area contributed by atoms with Gasteiger partial charge in [-0.3, -0.25) is 0 Å². The fourth-order valence-electron chi connectivity index (χ4n) is 0.699. The maximum atomic E-state index is 11.3. The highest BCUT2D eigenvalue weighted by Gasteiger charge is 2.17. The molecular formula is C7H17NO2S. The van der Waals surface area contributed by atoms with E-state index in [0.29, 0.717) is 13.0 Å². The highest BCUT2D eigenvalue weighted by molar-refractivity contribution is 7.92. The fourth-order valence-corrected chi connectivity index (χ4v) is 2.10. The Morgan fingerprint density at radius 3 is 2.36 bits per heavy atom. The Morgan fingerprint density at radius 2 is 2.00 bits per heavy atom. The minimum Gasteiger partial charge on any atom is -0.319 e. The van der Waals surface area contributed by atoms with Gasteiger partial charge in [-0.25, -0.2) is 8.42 Å². The van der Waals surface area contributed by atoms with Gasteiger partial charge in [0.2, 0.25) is 0 Å². The minimum absolute atomic E-state index is 0.198. The molecule has 4 heteroatoms. The van der Waals surface area contributed by atoms with Gasteiger partial charge in [-0.05, 0) is 20.4 Å². The average Bonchev–Trinajstić information content (AvgIpc) is 1.99. The molecule has 1 atom stereocenters. The first-order valence-corrected chi connectivity index (χ1v) is 5.62. The number of sulfone groups is 1. The molecule has 0 heterocycles. The zero-order valence-corrected chi connectivity index (χ0v) is 8.24. The standard InChI is InChI=1S/C7H17NO2S/c1-4-7(2)11(9,10)6-5-8-3/h7-8H,4-6H2,1-3H3. The maximum Gasteiger partial charge on any atom is 0.154 e. The van der Waals surface area contributed by atoms with Gasteiger partial charge in [0, 0.05) is 6.54 Å². The van der Waals surface area contributed by atoms with E-state index in [9.17, 15) is 8.42 Å². The van der Waals surface area contributed by atoms with Gasteiger partial charge < -0.3 is 5.32 Å². The molecule has 0 saturated heterocycles. The van der Waals surface area contributed by atoms with E-state index in [1.54, 1.807) is 14.0 Å². The van der Waals surface area contributed by atoms with Crippen LogP contribution in [0.1, 0.15) is 20.3 Å². The van der Waals surface area contributed by atoms with Crippen molar-refractivity contribution < 1.29 is 8.42 Å². The molecular weight excluding hydrogens is 162 g/mol. The number of hydrogen-bond acceptors (Lipinski definition) is 3. The lowest BCUT2D eigenvalue weighted by atomic mass is 10.4. The number of hydrogen-bond donors (Lipinski definition) is 1. The quantitative estimate of drug-likeness (QED) is 0.665. The Bertz CT molecular complexity index is 187. The molecule has 0 aromatic heterocycles. The van der Waals surface area contributed by atoms with Gasteiger partial charge >= 0.3 is 0 Å². The van der Waals surface area contributed by atoms with Crippen LogP contribution in [0.5, 0.6) is 0 Å². The van der Waals surface area contributed by atoms with E-state index in [2.05, 4.69) is 5.32 Å². The Labute approximate surface area is 69.1 Å². The summed E-state index contributed by atoms with van der Waals surface area (Å²) in [4.78, 5) is 0. The first-order chi connectivity index (χ1) is 5.04. The molecule has 3 nitrogen and oxygen atoms in total. The molecule has 1 unspecified atom stereocenters. The lowest BCUT2D eigenvalue weighted by Crippen LogP contribution is -2.26. The van der Waals surface area contributed by atoms with Gasteiger partial charge in [0.05, 0.1) is 11.0 Å². The van der Waals surface area contributed by atoms with Crippen LogP contribution in [0.2, 0.25) is 0 Å². The molecule has 0 aliphatic carbocycles. The second-order valence-corrected chi connectivity index (χ2v) is 5.23. The van der Waals surface area contributed by atoms with Crippen molar-refractivity contribution in [2.75, 3.05) is 19.3 Å². The van der Waals surface area contributed by atoms with Gasteiger partial charge in [-0.2, -0.15) is 0 Å². The third kappa shape index (κ3) is 3.72. The van der Waals surface area contributed by atoms with E-state index in [1.165, 1.54) is 0 Å². The van der Waals surface area contributed by atoms with Gasteiger partial charge in [0.1, 0.15) is 0 Å². The molecule has 0 aliphatic rings. The summed E-state index contributed by atoms with van der Waals surface area (Å²) in [6.07, 6.45) is 0.700. The van der Waals surface area contributed by atoms with Crippen LogP contribution in [0, 0.1) is 0 Å². The van der Waals surface area contributed by atoms with Gasteiger partial charge in [-0.1, -0.05) is 6.92 Å². The molecule has 0 fully saturated rings. The first kappa shape index (κ1) is 10.9. The third-order valence-corrected chi connectivity index (χ3v) is 4.16. The lowest BCUT2D eigenvalue weighted by Gasteiger charge is -2.09. The van der Waals surface area contributed by atoms with Crippen molar-refractivity contribution in [1.82, 2.24) is 5.32 Å². The van der Waals surface area contributed by atoms with E-state index < -0.39 is 9.84 Å². The molecule has 0 radical (unpaired) electrons. The highest BCUT2D eigenvalue weighted by Crippen LogP contribution is 2.04. The molecule has 1 N–H and O–H groups in total. The van der Waals surface area contributed by atoms with Crippen molar-refractivity contribution >= 4 is 9.84 Å².